The number of amides is 1. The molecule has 2 heterocycles. The molecule has 1 amide bonds. The molecule has 1 aliphatic carbocycles. The predicted molar refractivity (Wildman–Crippen MR) is 67.1 cm³/mol. The highest BCUT2D eigenvalue weighted by Gasteiger charge is 2.54. The third-order valence-corrected chi connectivity index (χ3v) is 4.81. The highest BCUT2D eigenvalue weighted by Crippen LogP contribution is 2.47. The molecule has 1 saturated carbocycles. The first-order chi connectivity index (χ1) is 8.41. The number of rotatable bonds is 1. The highest BCUT2D eigenvalue weighted by molar-refractivity contribution is 5.82. The summed E-state index contributed by atoms with van der Waals surface area (Å²) in [6, 6.07) is 0.130. The van der Waals surface area contributed by atoms with Crippen LogP contribution >= 0.6 is 0 Å². The van der Waals surface area contributed by atoms with Gasteiger partial charge < -0.3 is 14.4 Å². The fraction of sp³-hybridized carbons (Fsp3) is 0.929. The zero-order valence-corrected chi connectivity index (χ0v) is 11.7. The van der Waals surface area contributed by atoms with Crippen molar-refractivity contribution < 1.29 is 14.3 Å². The van der Waals surface area contributed by atoms with Crippen LogP contribution in [0.4, 0.5) is 0 Å². The molecule has 4 nitrogen and oxygen atoms in total. The van der Waals surface area contributed by atoms with Crippen molar-refractivity contribution in [3.63, 3.8) is 0 Å². The molecule has 3 rings (SSSR count). The Morgan fingerprint density at radius 3 is 2.50 bits per heavy atom. The van der Waals surface area contributed by atoms with E-state index in [1.54, 1.807) is 0 Å². The average Bonchev–Trinajstić information content (AvgIpc) is 2.72. The average molecular weight is 253 g/mol. The standard InChI is InChI=1S/C14H23NO3/c1-8-9(2)12(8)13(16)15-7-14(3,4)18-11-6-17-5-10(11)15/h8-12H,5-7H2,1-4H3/t8-,9-,10-,11-/m1/s1. The van der Waals surface area contributed by atoms with Gasteiger partial charge in [0.1, 0.15) is 6.10 Å². The Hall–Kier alpha value is -0.610. The second-order valence-corrected chi connectivity index (χ2v) is 6.73. The monoisotopic (exact) mass is 253 g/mol. The van der Waals surface area contributed by atoms with Crippen LogP contribution in [0, 0.1) is 17.8 Å². The highest BCUT2D eigenvalue weighted by atomic mass is 16.6. The lowest BCUT2D eigenvalue weighted by Crippen LogP contribution is -2.60. The molecule has 0 spiro atoms. The summed E-state index contributed by atoms with van der Waals surface area (Å²) in [6.07, 6.45) is 0.0575. The third kappa shape index (κ3) is 1.86. The lowest BCUT2D eigenvalue weighted by Gasteiger charge is -2.45. The molecule has 0 bridgehead atoms. The van der Waals surface area contributed by atoms with Crippen molar-refractivity contribution in [2.24, 2.45) is 17.8 Å². The number of ether oxygens (including phenoxy) is 2. The van der Waals surface area contributed by atoms with Crippen molar-refractivity contribution in [2.45, 2.75) is 45.4 Å². The van der Waals surface area contributed by atoms with Gasteiger partial charge >= 0.3 is 0 Å². The van der Waals surface area contributed by atoms with E-state index in [0.29, 0.717) is 37.5 Å². The van der Waals surface area contributed by atoms with E-state index in [1.165, 1.54) is 0 Å². The lowest BCUT2D eigenvalue weighted by molar-refractivity contribution is -0.170. The Labute approximate surface area is 109 Å². The van der Waals surface area contributed by atoms with Crippen LogP contribution in [0.5, 0.6) is 0 Å². The van der Waals surface area contributed by atoms with Crippen LogP contribution in [-0.2, 0) is 14.3 Å². The molecule has 18 heavy (non-hydrogen) atoms. The number of carbonyl (C=O) groups excluding carboxylic acids is 1. The van der Waals surface area contributed by atoms with Crippen LogP contribution < -0.4 is 0 Å². The van der Waals surface area contributed by atoms with Gasteiger partial charge in [-0.1, -0.05) is 13.8 Å². The Bertz CT molecular complexity index is 360. The molecule has 0 N–H and O–H groups in total. The Morgan fingerprint density at radius 2 is 1.89 bits per heavy atom. The number of hydrogen-bond acceptors (Lipinski definition) is 3. The zero-order chi connectivity index (χ0) is 13.1. The first-order valence-electron chi connectivity index (χ1n) is 6.97. The minimum atomic E-state index is -0.258. The summed E-state index contributed by atoms with van der Waals surface area (Å²) < 4.78 is 11.5. The van der Waals surface area contributed by atoms with E-state index in [9.17, 15) is 4.79 Å². The molecule has 2 aliphatic heterocycles. The number of fused-ring (bicyclic) bond motifs is 1. The van der Waals surface area contributed by atoms with Crippen LogP contribution in [0.1, 0.15) is 27.7 Å². The van der Waals surface area contributed by atoms with Crippen molar-refractivity contribution in [1.82, 2.24) is 4.90 Å². The van der Waals surface area contributed by atoms with Crippen LogP contribution in [0.15, 0.2) is 0 Å². The van der Waals surface area contributed by atoms with Crippen molar-refractivity contribution in [3.05, 3.63) is 0 Å². The zero-order valence-electron chi connectivity index (χ0n) is 11.7. The van der Waals surface area contributed by atoms with Crippen LogP contribution in [0.3, 0.4) is 0 Å². The maximum atomic E-state index is 12.6. The maximum Gasteiger partial charge on any atom is 0.226 e. The third-order valence-electron chi connectivity index (χ3n) is 4.81. The second kappa shape index (κ2) is 3.94. The van der Waals surface area contributed by atoms with Crippen molar-refractivity contribution in [3.8, 4) is 0 Å². The number of carbonyl (C=O) groups is 1. The van der Waals surface area contributed by atoms with Crippen LogP contribution in [0.2, 0.25) is 0 Å². The topological polar surface area (TPSA) is 38.8 Å². The van der Waals surface area contributed by atoms with E-state index in [0.717, 1.165) is 0 Å². The van der Waals surface area contributed by atoms with E-state index in [4.69, 9.17) is 9.47 Å². The quantitative estimate of drug-likeness (QED) is 0.707. The summed E-state index contributed by atoms with van der Waals surface area (Å²) in [7, 11) is 0. The van der Waals surface area contributed by atoms with E-state index in [2.05, 4.69) is 27.7 Å². The van der Waals surface area contributed by atoms with Crippen LogP contribution in [0.25, 0.3) is 0 Å². The van der Waals surface area contributed by atoms with Gasteiger partial charge in [0, 0.05) is 12.5 Å². The summed E-state index contributed by atoms with van der Waals surface area (Å²) in [5, 5.41) is 0. The van der Waals surface area contributed by atoms with Gasteiger partial charge in [-0.2, -0.15) is 0 Å². The molecular formula is C14H23NO3. The fourth-order valence-electron chi connectivity index (χ4n) is 3.45. The lowest BCUT2D eigenvalue weighted by atomic mass is 10.00. The normalized spacial score (nSPS) is 45.8. The van der Waals surface area contributed by atoms with Gasteiger partial charge in [-0.25, -0.2) is 0 Å². The molecule has 4 heteroatoms. The molecule has 3 fully saturated rings. The molecule has 0 aromatic heterocycles. The first-order valence-corrected chi connectivity index (χ1v) is 6.97. The van der Waals surface area contributed by atoms with Gasteiger partial charge in [0.05, 0.1) is 24.9 Å². The van der Waals surface area contributed by atoms with Gasteiger partial charge in [0.15, 0.2) is 0 Å². The minimum absolute atomic E-state index is 0.0575. The summed E-state index contributed by atoms with van der Waals surface area (Å²) in [5.74, 6) is 1.60. The molecule has 2 saturated heterocycles. The number of morpholine rings is 1. The molecular weight excluding hydrogens is 230 g/mol. The molecule has 102 valence electrons. The predicted octanol–water partition coefficient (Wildman–Crippen LogP) is 1.29. The van der Waals surface area contributed by atoms with Gasteiger partial charge in [0.2, 0.25) is 5.91 Å². The SMILES string of the molecule is C[C@H]1C(C(=O)N2CC(C)(C)O[C@@H]3COC[C@H]32)[C@@H]1C. The van der Waals surface area contributed by atoms with Gasteiger partial charge in [-0.15, -0.1) is 0 Å². The first kappa shape index (κ1) is 12.4. The Kier molecular flexibility index (Phi) is 2.72. The van der Waals surface area contributed by atoms with E-state index < -0.39 is 0 Å². The van der Waals surface area contributed by atoms with Crippen molar-refractivity contribution in [2.75, 3.05) is 19.8 Å². The van der Waals surface area contributed by atoms with Crippen molar-refractivity contribution in [1.29, 1.82) is 0 Å². The molecule has 3 aliphatic rings. The van der Waals surface area contributed by atoms with Crippen molar-refractivity contribution >= 4 is 5.91 Å². The van der Waals surface area contributed by atoms with Gasteiger partial charge in [-0.3, -0.25) is 4.79 Å². The molecule has 0 unspecified atom stereocenters. The smallest absolute Gasteiger partial charge is 0.226 e. The fourth-order valence-corrected chi connectivity index (χ4v) is 3.45. The minimum Gasteiger partial charge on any atom is -0.376 e. The second-order valence-electron chi connectivity index (χ2n) is 6.73. The number of hydrogen-bond donors (Lipinski definition) is 0. The summed E-state index contributed by atoms with van der Waals surface area (Å²) in [5.41, 5.74) is -0.258. The van der Waals surface area contributed by atoms with Crippen LogP contribution in [-0.4, -0.2) is 48.3 Å². The molecule has 0 radical (unpaired) electrons. The molecule has 0 aromatic rings. The Morgan fingerprint density at radius 1 is 1.22 bits per heavy atom. The van der Waals surface area contributed by atoms with E-state index in [-0.39, 0.29) is 23.7 Å². The van der Waals surface area contributed by atoms with Gasteiger partial charge in [-0.05, 0) is 25.7 Å². The summed E-state index contributed by atoms with van der Waals surface area (Å²) in [6.45, 7) is 10.4. The summed E-state index contributed by atoms with van der Waals surface area (Å²) in [4.78, 5) is 14.7. The summed E-state index contributed by atoms with van der Waals surface area (Å²) >= 11 is 0. The van der Waals surface area contributed by atoms with Gasteiger partial charge in [0.25, 0.3) is 0 Å². The van der Waals surface area contributed by atoms with E-state index in [1.807, 2.05) is 4.90 Å². The maximum absolute atomic E-state index is 12.6. The van der Waals surface area contributed by atoms with E-state index >= 15 is 0 Å². The number of nitrogens with zero attached hydrogens (tertiary/aromatic N) is 1. The Balaban J connectivity index is 1.79. The largest absolute Gasteiger partial charge is 0.376 e. The molecule has 4 atom stereocenters. The molecule has 0 aromatic carbocycles.